The van der Waals surface area contributed by atoms with Crippen molar-refractivity contribution >= 4 is 22.5 Å². The van der Waals surface area contributed by atoms with E-state index >= 15 is 0 Å². The van der Waals surface area contributed by atoms with Crippen molar-refractivity contribution in [1.82, 2.24) is 9.55 Å². The highest BCUT2D eigenvalue weighted by molar-refractivity contribution is 6.30. The molecule has 1 aliphatic carbocycles. The second-order valence-electron chi connectivity index (χ2n) is 5.20. The number of aromatic nitrogens is 2. The molecule has 3 rings (SSSR count). The maximum atomic E-state index is 12.6. The Hall–Kier alpha value is -1.35. The Balaban J connectivity index is 2.27. The van der Waals surface area contributed by atoms with Crippen molar-refractivity contribution in [2.45, 2.75) is 45.1 Å². The summed E-state index contributed by atoms with van der Waals surface area (Å²) in [4.78, 5) is 16.7. The summed E-state index contributed by atoms with van der Waals surface area (Å²) in [5, 5.41) is 1.44. The third kappa shape index (κ3) is 2.16. The van der Waals surface area contributed by atoms with Gasteiger partial charge in [0.15, 0.2) is 0 Å². The molecule has 0 radical (unpaired) electrons. The Morgan fingerprint density at radius 3 is 2.79 bits per heavy atom. The minimum atomic E-state index is 0.143. The fourth-order valence-corrected chi connectivity index (χ4v) is 3.27. The molecule has 0 bridgehead atoms. The lowest BCUT2D eigenvalue weighted by molar-refractivity contribution is 0.678. The van der Waals surface area contributed by atoms with E-state index < -0.39 is 0 Å². The lowest BCUT2D eigenvalue weighted by atomic mass is 9.98. The lowest BCUT2D eigenvalue weighted by Gasteiger charge is -2.14. The summed E-state index contributed by atoms with van der Waals surface area (Å²) < 4.78 is 1.82. The van der Waals surface area contributed by atoms with Crippen molar-refractivity contribution in [2.24, 2.45) is 0 Å². The summed E-state index contributed by atoms with van der Waals surface area (Å²) in [6.45, 7) is 2.66. The molecule has 2 aromatic heterocycles. The van der Waals surface area contributed by atoms with Crippen molar-refractivity contribution in [2.75, 3.05) is 0 Å². The van der Waals surface area contributed by atoms with E-state index in [2.05, 4.69) is 4.98 Å². The van der Waals surface area contributed by atoms with E-state index in [1.165, 1.54) is 12.8 Å². The number of halogens is 1. The Morgan fingerprint density at radius 1 is 1.37 bits per heavy atom. The van der Waals surface area contributed by atoms with Crippen molar-refractivity contribution in [1.29, 1.82) is 0 Å². The molecule has 0 unspecified atom stereocenters. The third-order valence-electron chi connectivity index (χ3n) is 4.08. The van der Waals surface area contributed by atoms with Crippen LogP contribution in [0.5, 0.6) is 0 Å². The van der Waals surface area contributed by atoms with E-state index in [0.717, 1.165) is 29.3 Å². The van der Waals surface area contributed by atoms with E-state index in [4.69, 9.17) is 11.6 Å². The molecule has 0 saturated heterocycles. The van der Waals surface area contributed by atoms with Gasteiger partial charge in [-0.05, 0) is 37.8 Å². The number of pyridine rings is 2. The largest absolute Gasteiger partial charge is 0.308 e. The summed E-state index contributed by atoms with van der Waals surface area (Å²) in [5.41, 5.74) is 1.98. The van der Waals surface area contributed by atoms with Gasteiger partial charge in [-0.25, -0.2) is 4.98 Å². The quantitative estimate of drug-likeness (QED) is 0.784. The monoisotopic (exact) mass is 276 g/mol. The molecule has 0 N–H and O–H groups in total. The van der Waals surface area contributed by atoms with Crippen LogP contribution >= 0.6 is 11.6 Å². The van der Waals surface area contributed by atoms with Gasteiger partial charge in [0.1, 0.15) is 5.15 Å². The number of nitrogens with zero attached hydrogens (tertiary/aromatic N) is 2. The van der Waals surface area contributed by atoms with E-state index in [1.54, 1.807) is 12.3 Å². The van der Waals surface area contributed by atoms with Crippen LogP contribution in [0.3, 0.4) is 0 Å². The van der Waals surface area contributed by atoms with Crippen LogP contribution in [0.1, 0.15) is 44.1 Å². The maximum absolute atomic E-state index is 12.6. The van der Waals surface area contributed by atoms with Crippen LogP contribution in [0.25, 0.3) is 10.9 Å². The fourth-order valence-electron chi connectivity index (χ4n) is 3.11. The molecule has 0 atom stereocenters. The van der Waals surface area contributed by atoms with Crippen molar-refractivity contribution in [3.63, 3.8) is 0 Å². The first-order chi connectivity index (χ1) is 9.20. The zero-order chi connectivity index (χ0) is 13.4. The molecule has 1 aliphatic rings. The predicted octanol–water partition coefficient (Wildman–Crippen LogP) is 3.73. The summed E-state index contributed by atoms with van der Waals surface area (Å²) >= 11 is 5.94. The number of hydrogen-bond acceptors (Lipinski definition) is 2. The highest BCUT2D eigenvalue weighted by atomic mass is 35.5. The van der Waals surface area contributed by atoms with E-state index in [-0.39, 0.29) is 5.56 Å². The molecule has 19 heavy (non-hydrogen) atoms. The highest BCUT2D eigenvalue weighted by Gasteiger charge is 2.21. The summed E-state index contributed by atoms with van der Waals surface area (Å²) in [7, 11) is 0. The van der Waals surface area contributed by atoms with Gasteiger partial charge in [-0.15, -0.1) is 0 Å². The molecule has 4 heteroatoms. The topological polar surface area (TPSA) is 34.9 Å². The Kier molecular flexibility index (Phi) is 3.31. The van der Waals surface area contributed by atoms with Crippen LogP contribution in [0.2, 0.25) is 5.15 Å². The summed E-state index contributed by atoms with van der Waals surface area (Å²) in [6, 6.07) is 3.79. The average molecular weight is 277 g/mol. The predicted molar refractivity (Wildman–Crippen MR) is 77.9 cm³/mol. The Labute approximate surface area is 117 Å². The number of fused-ring (bicyclic) bond motifs is 1. The van der Waals surface area contributed by atoms with Crippen molar-refractivity contribution in [3.05, 3.63) is 39.4 Å². The van der Waals surface area contributed by atoms with Crippen LogP contribution in [0.4, 0.5) is 0 Å². The van der Waals surface area contributed by atoms with Gasteiger partial charge in [-0.3, -0.25) is 4.79 Å². The lowest BCUT2D eigenvalue weighted by Crippen LogP contribution is -2.24. The Morgan fingerprint density at radius 2 is 2.11 bits per heavy atom. The number of aryl methyl sites for hydroxylation is 1. The molecule has 0 amide bonds. The van der Waals surface area contributed by atoms with Crippen molar-refractivity contribution in [3.8, 4) is 0 Å². The van der Waals surface area contributed by atoms with Gasteiger partial charge in [0.2, 0.25) is 0 Å². The van der Waals surface area contributed by atoms with Crippen LogP contribution in [0, 0.1) is 0 Å². The van der Waals surface area contributed by atoms with E-state index in [0.29, 0.717) is 17.6 Å². The second kappa shape index (κ2) is 4.97. The fraction of sp³-hybridized carbons (Fsp3) is 0.467. The maximum Gasteiger partial charge on any atom is 0.254 e. The zero-order valence-electron chi connectivity index (χ0n) is 11.0. The molecule has 3 nitrogen and oxygen atoms in total. The molecule has 2 heterocycles. The average Bonchev–Trinajstić information content (AvgIpc) is 2.92. The third-order valence-corrected chi connectivity index (χ3v) is 4.29. The molecule has 100 valence electrons. The van der Waals surface area contributed by atoms with Gasteiger partial charge < -0.3 is 4.57 Å². The van der Waals surface area contributed by atoms with Crippen LogP contribution in [-0.2, 0) is 6.54 Å². The number of rotatable bonds is 2. The summed E-state index contributed by atoms with van der Waals surface area (Å²) in [5.74, 6) is 0.422. The van der Waals surface area contributed by atoms with Crippen LogP contribution in [0.15, 0.2) is 23.1 Å². The molecule has 1 saturated carbocycles. The molecule has 0 aliphatic heterocycles. The van der Waals surface area contributed by atoms with Crippen LogP contribution in [-0.4, -0.2) is 9.55 Å². The standard InChI is InChI=1S/C15H17ClN2O/c1-2-18-13-8-14(16)17-9-11(13)7-12(15(18)19)10-5-3-4-6-10/h7-10H,2-6H2,1H3. The molecular weight excluding hydrogens is 260 g/mol. The van der Waals surface area contributed by atoms with Crippen LogP contribution < -0.4 is 5.56 Å². The molecule has 2 aromatic rings. The highest BCUT2D eigenvalue weighted by Crippen LogP contribution is 2.33. The molecule has 0 spiro atoms. The van der Waals surface area contributed by atoms with Gasteiger partial charge in [0, 0.05) is 23.7 Å². The first kappa shape index (κ1) is 12.7. The SMILES string of the molecule is CCn1c(=O)c(C2CCCC2)cc2cnc(Cl)cc21. The van der Waals surface area contributed by atoms with Gasteiger partial charge in [0.25, 0.3) is 5.56 Å². The van der Waals surface area contributed by atoms with Gasteiger partial charge in [-0.1, -0.05) is 24.4 Å². The normalized spacial score (nSPS) is 16.3. The first-order valence-electron chi connectivity index (χ1n) is 6.89. The molecule has 1 fully saturated rings. The molecule has 0 aromatic carbocycles. The smallest absolute Gasteiger partial charge is 0.254 e. The second-order valence-corrected chi connectivity index (χ2v) is 5.58. The Bertz CT molecular complexity index is 672. The van der Waals surface area contributed by atoms with E-state index in [9.17, 15) is 4.79 Å². The van der Waals surface area contributed by atoms with Gasteiger partial charge >= 0.3 is 0 Å². The minimum Gasteiger partial charge on any atom is -0.308 e. The summed E-state index contributed by atoms with van der Waals surface area (Å²) in [6.07, 6.45) is 6.49. The molecular formula is C15H17ClN2O. The zero-order valence-corrected chi connectivity index (χ0v) is 11.8. The number of hydrogen-bond donors (Lipinski definition) is 0. The minimum absolute atomic E-state index is 0.143. The first-order valence-corrected chi connectivity index (χ1v) is 7.27. The van der Waals surface area contributed by atoms with E-state index in [1.807, 2.05) is 17.6 Å². The van der Waals surface area contributed by atoms with Gasteiger partial charge in [-0.2, -0.15) is 0 Å². The van der Waals surface area contributed by atoms with Crippen molar-refractivity contribution < 1.29 is 0 Å². The van der Waals surface area contributed by atoms with Gasteiger partial charge in [0.05, 0.1) is 5.52 Å².